The van der Waals surface area contributed by atoms with E-state index in [0.717, 1.165) is 29.8 Å². The monoisotopic (exact) mass is 475 g/mol. The van der Waals surface area contributed by atoms with Crippen molar-refractivity contribution < 1.29 is 13.9 Å². The minimum Gasteiger partial charge on any atom is -0.394 e. The molecular weight excluding hydrogens is 452 g/mol. The van der Waals surface area contributed by atoms with Crippen LogP contribution in [-0.2, 0) is 12.0 Å². The number of fused-ring (bicyclic) bond motifs is 5. The number of hydrogen-bond donors (Lipinski definition) is 1. The van der Waals surface area contributed by atoms with Gasteiger partial charge in [0.15, 0.2) is 0 Å². The van der Waals surface area contributed by atoms with Crippen LogP contribution in [0.15, 0.2) is 42.9 Å². The van der Waals surface area contributed by atoms with Crippen molar-refractivity contribution in [3.05, 3.63) is 71.4 Å². The van der Waals surface area contributed by atoms with Crippen LogP contribution in [0.1, 0.15) is 49.6 Å². The minimum absolute atomic E-state index is 0.0402. The van der Waals surface area contributed by atoms with Crippen molar-refractivity contribution in [1.82, 2.24) is 35.2 Å². The lowest BCUT2D eigenvalue weighted by Gasteiger charge is -2.37. The maximum atomic E-state index is 14.5. The summed E-state index contributed by atoms with van der Waals surface area (Å²) in [7, 11) is 0. The van der Waals surface area contributed by atoms with Crippen molar-refractivity contribution in [3.8, 4) is 22.6 Å². The van der Waals surface area contributed by atoms with Crippen LogP contribution < -0.4 is 0 Å². The van der Waals surface area contributed by atoms with Gasteiger partial charge in [0.1, 0.15) is 23.0 Å². The number of halogens is 2. The van der Waals surface area contributed by atoms with Gasteiger partial charge >= 0.3 is 0 Å². The number of rotatable bonds is 5. The molecule has 2 bridgehead atoms. The Morgan fingerprint density at radius 3 is 2.63 bits per heavy atom. The molecule has 1 saturated carbocycles. The zero-order chi connectivity index (χ0) is 24.4. The van der Waals surface area contributed by atoms with E-state index in [1.165, 1.54) is 18.2 Å². The van der Waals surface area contributed by atoms with Crippen LogP contribution in [0.25, 0.3) is 22.6 Å². The molecule has 0 amide bonds. The molecule has 10 heteroatoms. The van der Waals surface area contributed by atoms with E-state index in [1.807, 2.05) is 0 Å². The van der Waals surface area contributed by atoms with E-state index in [0.29, 0.717) is 17.9 Å². The SMILES string of the molecule is CC1(C)[C@H]2CC[C@]1(c1cncc(-c3cn(CCO)nn3)n1)c1nnc(-c3c(F)cccc3F)cc12. The summed E-state index contributed by atoms with van der Waals surface area (Å²) < 4.78 is 30.5. The summed E-state index contributed by atoms with van der Waals surface area (Å²) in [5, 5.41) is 26.2. The van der Waals surface area contributed by atoms with E-state index in [9.17, 15) is 8.78 Å². The van der Waals surface area contributed by atoms with E-state index < -0.39 is 17.0 Å². The summed E-state index contributed by atoms with van der Waals surface area (Å²) in [4.78, 5) is 9.41. The summed E-state index contributed by atoms with van der Waals surface area (Å²) in [6, 6.07) is 5.57. The van der Waals surface area contributed by atoms with Gasteiger partial charge in [0.05, 0.1) is 53.6 Å². The van der Waals surface area contributed by atoms with Crippen LogP contribution in [0.3, 0.4) is 0 Å². The smallest absolute Gasteiger partial charge is 0.135 e. The van der Waals surface area contributed by atoms with E-state index in [4.69, 9.17) is 10.1 Å². The third-order valence-electron chi connectivity index (χ3n) is 7.80. The van der Waals surface area contributed by atoms with Crippen molar-refractivity contribution >= 4 is 0 Å². The Labute approximate surface area is 200 Å². The van der Waals surface area contributed by atoms with Crippen LogP contribution in [0, 0.1) is 17.0 Å². The molecule has 0 saturated heterocycles. The molecule has 35 heavy (non-hydrogen) atoms. The second-order valence-corrected chi connectivity index (χ2v) is 9.73. The molecule has 0 spiro atoms. The fourth-order valence-corrected chi connectivity index (χ4v) is 6.08. The molecule has 2 atom stereocenters. The first-order chi connectivity index (χ1) is 16.9. The van der Waals surface area contributed by atoms with Crippen LogP contribution in [0.4, 0.5) is 8.78 Å². The van der Waals surface area contributed by atoms with Crippen LogP contribution in [0.2, 0.25) is 0 Å². The summed E-state index contributed by atoms with van der Waals surface area (Å²) in [6.07, 6.45) is 6.83. The van der Waals surface area contributed by atoms with Gasteiger partial charge in [0.25, 0.3) is 0 Å². The molecule has 3 aromatic heterocycles. The lowest BCUT2D eigenvalue weighted by molar-refractivity contribution is 0.242. The van der Waals surface area contributed by atoms with Gasteiger partial charge in [-0.05, 0) is 47.9 Å². The van der Waals surface area contributed by atoms with Gasteiger partial charge in [-0.3, -0.25) is 4.98 Å². The van der Waals surface area contributed by atoms with Crippen molar-refractivity contribution in [3.63, 3.8) is 0 Å². The fraction of sp³-hybridized carbons (Fsp3) is 0.360. The normalized spacial score (nSPS) is 21.9. The maximum absolute atomic E-state index is 14.5. The zero-order valence-corrected chi connectivity index (χ0v) is 19.3. The highest BCUT2D eigenvalue weighted by Crippen LogP contribution is 2.69. The summed E-state index contributed by atoms with van der Waals surface area (Å²) in [5.74, 6) is -1.19. The molecule has 6 rings (SSSR count). The molecule has 1 aromatic carbocycles. The second kappa shape index (κ2) is 7.67. The second-order valence-electron chi connectivity index (χ2n) is 9.73. The van der Waals surface area contributed by atoms with E-state index >= 15 is 0 Å². The number of nitrogens with zero attached hydrogens (tertiary/aromatic N) is 7. The number of aromatic nitrogens is 7. The first-order valence-corrected chi connectivity index (χ1v) is 11.5. The number of benzene rings is 1. The molecule has 1 N–H and O–H groups in total. The summed E-state index contributed by atoms with van der Waals surface area (Å²) in [5.41, 5.74) is 2.86. The molecule has 8 nitrogen and oxygen atoms in total. The predicted octanol–water partition coefficient (Wildman–Crippen LogP) is 3.67. The molecule has 178 valence electrons. The van der Waals surface area contributed by atoms with Gasteiger partial charge < -0.3 is 5.11 Å². The van der Waals surface area contributed by atoms with E-state index in [-0.39, 0.29) is 29.2 Å². The molecular formula is C25H23F2N7O. The predicted molar refractivity (Wildman–Crippen MR) is 122 cm³/mol. The molecule has 0 radical (unpaired) electrons. The van der Waals surface area contributed by atoms with Gasteiger partial charge in [0.2, 0.25) is 0 Å². The lowest BCUT2D eigenvalue weighted by atomic mass is 9.66. The molecule has 3 heterocycles. The standard InChI is InChI=1S/C25H23F2N7O/c1-24(2)15-6-7-25(24,21-12-28-11-19(29-21)20-13-34(8-9-35)33-31-20)23-14(15)10-18(30-32-23)22-16(26)4-3-5-17(22)27/h3-5,10-13,15,35H,6-9H2,1-2H3/t15-,25-/m0/s1. The van der Waals surface area contributed by atoms with Crippen LogP contribution in [-0.4, -0.2) is 46.9 Å². The molecule has 1 fully saturated rings. The number of aliphatic hydroxyl groups excluding tert-OH is 1. The first-order valence-electron chi connectivity index (χ1n) is 11.5. The van der Waals surface area contributed by atoms with E-state index in [1.54, 1.807) is 29.3 Å². The van der Waals surface area contributed by atoms with Crippen LogP contribution >= 0.6 is 0 Å². The highest BCUT2D eigenvalue weighted by atomic mass is 19.1. The zero-order valence-electron chi connectivity index (χ0n) is 19.3. The minimum atomic E-state index is -0.663. The summed E-state index contributed by atoms with van der Waals surface area (Å²) >= 11 is 0. The van der Waals surface area contributed by atoms with E-state index in [2.05, 4.69) is 39.3 Å². The molecule has 2 aliphatic carbocycles. The topological polar surface area (TPSA) is 102 Å². The number of aliphatic hydroxyl groups is 1. The Morgan fingerprint density at radius 2 is 1.86 bits per heavy atom. The Bertz CT molecular complexity index is 1430. The van der Waals surface area contributed by atoms with Gasteiger partial charge in [-0.2, -0.15) is 5.10 Å². The molecule has 2 aliphatic rings. The van der Waals surface area contributed by atoms with Gasteiger partial charge in [-0.1, -0.05) is 25.1 Å². The molecule has 0 unspecified atom stereocenters. The quantitative estimate of drug-likeness (QED) is 0.470. The number of hydrogen-bond acceptors (Lipinski definition) is 7. The Kier molecular flexibility index (Phi) is 4.79. The Hall–Kier alpha value is -3.66. The molecule has 0 aliphatic heterocycles. The van der Waals surface area contributed by atoms with Crippen molar-refractivity contribution in [2.24, 2.45) is 5.41 Å². The average Bonchev–Trinajstić information content (AvgIpc) is 3.47. The highest BCUT2D eigenvalue weighted by molar-refractivity contribution is 5.64. The highest BCUT2D eigenvalue weighted by Gasteiger charge is 2.65. The largest absolute Gasteiger partial charge is 0.394 e. The Morgan fingerprint density at radius 1 is 1.06 bits per heavy atom. The Balaban J connectivity index is 1.48. The van der Waals surface area contributed by atoms with Crippen molar-refractivity contribution in [2.75, 3.05) is 6.61 Å². The third kappa shape index (κ3) is 2.99. The fourth-order valence-electron chi connectivity index (χ4n) is 6.08. The van der Waals surface area contributed by atoms with Gasteiger partial charge in [-0.25, -0.2) is 18.4 Å². The lowest BCUT2D eigenvalue weighted by Crippen LogP contribution is -2.38. The van der Waals surface area contributed by atoms with Crippen molar-refractivity contribution in [2.45, 2.75) is 44.6 Å². The van der Waals surface area contributed by atoms with Crippen LogP contribution in [0.5, 0.6) is 0 Å². The first kappa shape index (κ1) is 21.8. The maximum Gasteiger partial charge on any atom is 0.135 e. The van der Waals surface area contributed by atoms with Gasteiger partial charge in [0, 0.05) is 6.20 Å². The third-order valence-corrected chi connectivity index (χ3v) is 7.80. The van der Waals surface area contributed by atoms with Gasteiger partial charge in [-0.15, -0.1) is 10.2 Å². The summed E-state index contributed by atoms with van der Waals surface area (Å²) in [6.45, 7) is 4.66. The van der Waals surface area contributed by atoms with Crippen molar-refractivity contribution in [1.29, 1.82) is 0 Å². The average molecular weight is 476 g/mol. The molecule has 4 aromatic rings.